The first-order valence-electron chi connectivity index (χ1n) is 20.0. The van der Waals surface area contributed by atoms with Crippen molar-refractivity contribution in [3.8, 4) is 50.3 Å². The number of allylic oxidation sites excluding steroid dienone is 2. The van der Waals surface area contributed by atoms with E-state index < -0.39 is 0 Å². The predicted octanol–water partition coefficient (Wildman–Crippen LogP) is 14.8. The molecule has 2 aliphatic rings. The lowest BCUT2D eigenvalue weighted by Gasteiger charge is -2.49. The van der Waals surface area contributed by atoms with Gasteiger partial charge in [-0.15, -0.1) is 0 Å². The van der Waals surface area contributed by atoms with Gasteiger partial charge in [-0.3, -0.25) is 0 Å². The van der Waals surface area contributed by atoms with Crippen molar-refractivity contribution in [1.29, 1.82) is 0 Å². The Bertz CT molecular complexity index is 2530. The molecule has 54 heavy (non-hydrogen) atoms. The molecule has 0 heterocycles. The number of hydrogen-bond donors (Lipinski definition) is 0. The van der Waals surface area contributed by atoms with Crippen molar-refractivity contribution in [3.63, 3.8) is 0 Å². The normalized spacial score (nSPS) is 19.9. The van der Waals surface area contributed by atoms with Gasteiger partial charge in [0.15, 0.2) is 0 Å². The molecule has 0 saturated heterocycles. The van der Waals surface area contributed by atoms with Crippen LogP contribution in [0.1, 0.15) is 76.5 Å². The van der Waals surface area contributed by atoms with Gasteiger partial charge in [0.25, 0.3) is 0 Å². The Morgan fingerprint density at radius 1 is 0.630 bits per heavy atom. The number of methoxy groups -OCH3 is 1. The molecule has 0 amide bonds. The summed E-state index contributed by atoms with van der Waals surface area (Å²) in [4.78, 5) is 0. The molecule has 1 spiro atoms. The van der Waals surface area contributed by atoms with Gasteiger partial charge < -0.3 is 4.74 Å². The average Bonchev–Trinajstić information content (AvgIpc) is 3.49. The maximum atomic E-state index is 6.10. The third-order valence-corrected chi connectivity index (χ3v) is 13.1. The van der Waals surface area contributed by atoms with Gasteiger partial charge in [-0.05, 0) is 132 Å². The number of hydrogen-bond acceptors (Lipinski definition) is 1. The highest BCUT2D eigenvalue weighted by Crippen LogP contribution is 2.63. The van der Waals surface area contributed by atoms with Crippen LogP contribution in [-0.4, -0.2) is 7.11 Å². The van der Waals surface area contributed by atoms with Crippen molar-refractivity contribution in [3.05, 3.63) is 162 Å². The molecular formula is C53H50O. The zero-order valence-electron chi connectivity index (χ0n) is 32.5. The van der Waals surface area contributed by atoms with E-state index in [1.807, 2.05) is 7.11 Å². The lowest BCUT2D eigenvalue weighted by molar-refractivity contribution is 0.188. The predicted molar refractivity (Wildman–Crippen MR) is 231 cm³/mol. The van der Waals surface area contributed by atoms with Crippen molar-refractivity contribution >= 4 is 21.5 Å². The van der Waals surface area contributed by atoms with Crippen molar-refractivity contribution in [2.45, 2.75) is 65.2 Å². The molecule has 0 aliphatic heterocycles. The topological polar surface area (TPSA) is 9.23 Å². The fourth-order valence-electron chi connectivity index (χ4n) is 10.7. The molecule has 1 nitrogen and oxygen atoms in total. The van der Waals surface area contributed by atoms with Crippen molar-refractivity contribution in [1.82, 2.24) is 0 Å². The fraction of sp³-hybridized carbons (Fsp3) is 0.245. The highest BCUT2D eigenvalue weighted by molar-refractivity contribution is 6.22. The summed E-state index contributed by atoms with van der Waals surface area (Å²) in [5.41, 5.74) is 16.2. The summed E-state index contributed by atoms with van der Waals surface area (Å²) >= 11 is 0. The molecule has 1 heteroatoms. The number of benzene rings is 7. The molecular weight excluding hydrogens is 653 g/mol. The quantitative estimate of drug-likeness (QED) is 0.124. The summed E-state index contributed by atoms with van der Waals surface area (Å²) in [6.07, 6.45) is 5.79. The van der Waals surface area contributed by atoms with Gasteiger partial charge in [0.1, 0.15) is 5.75 Å². The Morgan fingerprint density at radius 3 is 1.83 bits per heavy atom. The summed E-state index contributed by atoms with van der Waals surface area (Å²) in [6.45, 7) is 11.8. The Morgan fingerprint density at radius 2 is 1.22 bits per heavy atom. The van der Waals surface area contributed by atoms with Crippen LogP contribution in [-0.2, 0) is 5.41 Å². The highest BCUT2D eigenvalue weighted by atomic mass is 16.5. The first-order valence-corrected chi connectivity index (χ1v) is 20.0. The molecule has 2 aliphatic carbocycles. The van der Waals surface area contributed by atoms with E-state index in [9.17, 15) is 0 Å². The van der Waals surface area contributed by atoms with E-state index in [0.29, 0.717) is 17.8 Å². The van der Waals surface area contributed by atoms with Crippen molar-refractivity contribution < 1.29 is 4.74 Å². The van der Waals surface area contributed by atoms with E-state index >= 15 is 0 Å². The first kappa shape index (κ1) is 34.4. The summed E-state index contributed by atoms with van der Waals surface area (Å²) in [7, 11) is 1.83. The van der Waals surface area contributed by atoms with E-state index in [4.69, 9.17) is 4.74 Å². The van der Waals surface area contributed by atoms with Crippen molar-refractivity contribution in [2.24, 2.45) is 11.8 Å². The smallest absolute Gasteiger partial charge is 0.122 e. The number of fused-ring (bicyclic) bond motifs is 7. The molecule has 7 aromatic carbocycles. The van der Waals surface area contributed by atoms with E-state index in [-0.39, 0.29) is 5.41 Å². The number of rotatable bonds is 6. The summed E-state index contributed by atoms with van der Waals surface area (Å²) in [5, 5.41) is 5.16. The molecule has 3 atom stereocenters. The molecule has 268 valence electrons. The van der Waals surface area contributed by atoms with Gasteiger partial charge in [0.2, 0.25) is 0 Å². The van der Waals surface area contributed by atoms with Crippen LogP contribution in [0.15, 0.2) is 145 Å². The van der Waals surface area contributed by atoms with Gasteiger partial charge in [0, 0.05) is 5.41 Å². The molecule has 0 aromatic heterocycles. The van der Waals surface area contributed by atoms with Gasteiger partial charge in [0.05, 0.1) is 7.11 Å². The Balaban J connectivity index is 1.34. The largest absolute Gasteiger partial charge is 0.496 e. The lowest BCUT2D eigenvalue weighted by Crippen LogP contribution is -2.44. The summed E-state index contributed by atoms with van der Waals surface area (Å²) in [5.74, 6) is 2.33. The monoisotopic (exact) mass is 702 g/mol. The molecule has 0 N–H and O–H groups in total. The van der Waals surface area contributed by atoms with Crippen LogP contribution >= 0.6 is 0 Å². The van der Waals surface area contributed by atoms with Crippen LogP contribution in [0, 0.1) is 11.8 Å². The molecule has 0 radical (unpaired) electrons. The zero-order valence-corrected chi connectivity index (χ0v) is 32.5. The molecule has 1 fully saturated rings. The standard InChI is InChI=1S/C53H50O/c1-7-35-28-34(5)53(38(8-2)29-35)48-30-37(26-27-40(48)47-32-50(54-6)46(33(3)4)31-49(47)53)51-42-22-14-16-24-44(42)52(45-25-17-15-23-43(45)51)41-21-13-12-20-39(41)36-18-10-9-11-19-36/h7,9-27,30-34,38H,8,28-29H2,1-6H3. The summed E-state index contributed by atoms with van der Waals surface area (Å²) in [6, 6.07) is 50.3. The second-order valence-electron chi connectivity index (χ2n) is 16.0. The maximum absolute atomic E-state index is 6.10. The molecule has 3 unspecified atom stereocenters. The molecule has 0 bridgehead atoms. The minimum atomic E-state index is -0.0853. The molecule has 7 aromatic rings. The van der Waals surface area contributed by atoms with E-state index in [1.165, 1.54) is 82.7 Å². The second-order valence-corrected chi connectivity index (χ2v) is 16.0. The van der Waals surface area contributed by atoms with Crippen LogP contribution in [0.25, 0.3) is 66.1 Å². The first-order chi connectivity index (χ1) is 26.4. The third kappa shape index (κ3) is 5.04. The lowest BCUT2D eigenvalue weighted by atomic mass is 9.54. The van der Waals surface area contributed by atoms with Crippen LogP contribution < -0.4 is 4.74 Å². The van der Waals surface area contributed by atoms with Crippen LogP contribution in [0.4, 0.5) is 0 Å². The SMILES string of the molecule is CC=C1CC(C)C2(c3cc(-c4c5ccccc5c(-c5ccccc5-c5ccccc5)c5ccccc45)ccc3-c3cc(OC)c(C(C)C)cc32)C(CC)C1. The zero-order chi connectivity index (χ0) is 37.1. The van der Waals surface area contributed by atoms with Gasteiger partial charge in [-0.1, -0.05) is 167 Å². The van der Waals surface area contributed by atoms with E-state index in [2.05, 4.69) is 174 Å². The van der Waals surface area contributed by atoms with Crippen LogP contribution in [0.5, 0.6) is 5.75 Å². The van der Waals surface area contributed by atoms with E-state index in [1.54, 1.807) is 5.57 Å². The number of ether oxygens (including phenoxy) is 1. The second kappa shape index (κ2) is 13.5. The highest BCUT2D eigenvalue weighted by Gasteiger charge is 2.54. The van der Waals surface area contributed by atoms with Crippen LogP contribution in [0.2, 0.25) is 0 Å². The third-order valence-electron chi connectivity index (χ3n) is 13.1. The maximum Gasteiger partial charge on any atom is 0.122 e. The summed E-state index contributed by atoms with van der Waals surface area (Å²) < 4.78 is 6.10. The minimum Gasteiger partial charge on any atom is -0.496 e. The van der Waals surface area contributed by atoms with Gasteiger partial charge >= 0.3 is 0 Å². The molecule has 9 rings (SSSR count). The average molecular weight is 703 g/mol. The van der Waals surface area contributed by atoms with Gasteiger partial charge in [-0.2, -0.15) is 0 Å². The Hall–Kier alpha value is -5.40. The Labute approximate surface area is 321 Å². The van der Waals surface area contributed by atoms with Crippen LogP contribution in [0.3, 0.4) is 0 Å². The van der Waals surface area contributed by atoms with Crippen molar-refractivity contribution in [2.75, 3.05) is 7.11 Å². The Kier molecular flexibility index (Phi) is 8.57. The van der Waals surface area contributed by atoms with E-state index in [0.717, 1.165) is 25.0 Å². The van der Waals surface area contributed by atoms with Gasteiger partial charge in [-0.25, -0.2) is 0 Å². The fourth-order valence-corrected chi connectivity index (χ4v) is 10.7. The minimum absolute atomic E-state index is 0.0853. The molecule has 1 saturated carbocycles.